The van der Waals surface area contributed by atoms with Gasteiger partial charge >= 0.3 is 11.9 Å². The summed E-state index contributed by atoms with van der Waals surface area (Å²) in [5.41, 5.74) is 0. The van der Waals surface area contributed by atoms with Crippen LogP contribution in [-0.4, -0.2) is 93.8 Å². The molecule has 11 heteroatoms. The molecule has 0 aromatic carbocycles. The average Bonchev–Trinajstić information content (AvgIpc) is 2.81. The van der Waals surface area contributed by atoms with Crippen molar-refractivity contribution in [2.24, 2.45) is 0 Å². The van der Waals surface area contributed by atoms with Crippen LogP contribution in [0.1, 0.15) is 91.9 Å². The number of carbonyl (C=O) groups is 2. The minimum absolute atomic E-state index is 0.122. The summed E-state index contributed by atoms with van der Waals surface area (Å²) in [6.45, 7) is 7.25. The van der Waals surface area contributed by atoms with Crippen LogP contribution < -0.4 is 0 Å². The Balaban J connectivity index is 1.61. The molecule has 2 heterocycles. The van der Waals surface area contributed by atoms with E-state index in [1.165, 1.54) is 0 Å². The van der Waals surface area contributed by atoms with Crippen LogP contribution in [0.5, 0.6) is 0 Å². The topological polar surface area (TPSA) is 161 Å². The third-order valence-electron chi connectivity index (χ3n) is 6.86. The Hall–Kier alpha value is -1.34. The highest BCUT2D eigenvalue weighted by Gasteiger charge is 2.38. The zero-order chi connectivity index (χ0) is 27.5. The maximum atomic E-state index is 12.3. The highest BCUT2D eigenvalue weighted by Crippen LogP contribution is 2.26. The summed E-state index contributed by atoms with van der Waals surface area (Å²) in [5.74, 6) is -1.18. The Labute approximate surface area is 219 Å². The van der Waals surface area contributed by atoms with Crippen molar-refractivity contribution >= 4 is 11.9 Å². The summed E-state index contributed by atoms with van der Waals surface area (Å²) in [7, 11) is 0. The summed E-state index contributed by atoms with van der Waals surface area (Å²) in [6, 6.07) is 0. The maximum Gasteiger partial charge on any atom is 0.306 e. The van der Waals surface area contributed by atoms with Gasteiger partial charge in [0.25, 0.3) is 0 Å². The molecule has 4 unspecified atom stereocenters. The van der Waals surface area contributed by atoms with Gasteiger partial charge in [0.15, 0.2) is 12.6 Å². The quantitative estimate of drug-likeness (QED) is 0.180. The fourth-order valence-corrected chi connectivity index (χ4v) is 4.49. The molecule has 4 N–H and O–H groups in total. The van der Waals surface area contributed by atoms with E-state index in [0.717, 1.165) is 6.42 Å². The first-order valence-electron chi connectivity index (χ1n) is 13.5. The lowest BCUT2D eigenvalue weighted by Gasteiger charge is -2.38. The number of ether oxygens (including phenoxy) is 5. The molecule has 216 valence electrons. The number of carboxylic acid groups (broad SMARTS) is 1. The van der Waals surface area contributed by atoms with Gasteiger partial charge in [0.05, 0.1) is 30.5 Å². The Kier molecular flexibility index (Phi) is 13.7. The first kappa shape index (κ1) is 31.9. The van der Waals surface area contributed by atoms with E-state index in [9.17, 15) is 24.9 Å². The fourth-order valence-electron chi connectivity index (χ4n) is 4.49. The van der Waals surface area contributed by atoms with Gasteiger partial charge in [-0.15, -0.1) is 0 Å². The maximum absolute atomic E-state index is 12.3. The van der Waals surface area contributed by atoms with Gasteiger partial charge < -0.3 is 44.1 Å². The van der Waals surface area contributed by atoms with Gasteiger partial charge in [-0.2, -0.15) is 0 Å². The summed E-state index contributed by atoms with van der Waals surface area (Å²) >= 11 is 0. The standard InChI is InChI=1S/C26H46O11/c1-15(9-5-7-11-23(30)31)34-26-21(29)14-22(18(4)36-26)37-24(32)12-8-6-10-16(2)33-25-20(28)13-19(27)17(3)35-25/h15-22,25-29H,5-14H2,1-4H3,(H,30,31)/t15-,16-,17?,18?,19-,20?,21?,22-,25-,26-/m1/s1. The molecule has 11 nitrogen and oxygen atoms in total. The highest BCUT2D eigenvalue weighted by molar-refractivity contribution is 5.69. The van der Waals surface area contributed by atoms with Crippen molar-refractivity contribution in [2.75, 3.05) is 0 Å². The minimum Gasteiger partial charge on any atom is -0.481 e. The predicted octanol–water partition coefficient (Wildman–Crippen LogP) is 2.27. The van der Waals surface area contributed by atoms with E-state index < -0.39 is 55.2 Å². The smallest absolute Gasteiger partial charge is 0.306 e. The van der Waals surface area contributed by atoms with E-state index >= 15 is 0 Å². The van der Waals surface area contributed by atoms with E-state index in [0.29, 0.717) is 32.1 Å². The van der Waals surface area contributed by atoms with E-state index in [1.807, 2.05) is 13.8 Å². The largest absolute Gasteiger partial charge is 0.481 e. The minimum atomic E-state index is -0.936. The number of aliphatic hydroxyl groups is 3. The van der Waals surface area contributed by atoms with Crippen molar-refractivity contribution in [1.82, 2.24) is 0 Å². The van der Waals surface area contributed by atoms with Crippen molar-refractivity contribution in [1.29, 1.82) is 0 Å². The number of hydrogen-bond acceptors (Lipinski definition) is 10. The summed E-state index contributed by atoms with van der Waals surface area (Å²) in [5, 5.41) is 38.9. The van der Waals surface area contributed by atoms with Gasteiger partial charge in [0.1, 0.15) is 18.3 Å². The van der Waals surface area contributed by atoms with Gasteiger partial charge in [-0.1, -0.05) is 12.8 Å². The van der Waals surface area contributed by atoms with Crippen molar-refractivity contribution in [3.8, 4) is 0 Å². The number of esters is 1. The van der Waals surface area contributed by atoms with Crippen LogP contribution in [0, 0.1) is 0 Å². The number of rotatable bonds is 15. The Morgan fingerprint density at radius 2 is 1.30 bits per heavy atom. The number of unbranched alkanes of at least 4 members (excludes halogenated alkanes) is 2. The normalized spacial score (nSPS) is 34.0. The monoisotopic (exact) mass is 534 g/mol. The third kappa shape index (κ3) is 11.5. The fraction of sp³-hybridized carbons (Fsp3) is 0.923. The zero-order valence-electron chi connectivity index (χ0n) is 22.5. The lowest BCUT2D eigenvalue weighted by atomic mass is 10.0. The second kappa shape index (κ2) is 15.9. The van der Waals surface area contributed by atoms with Crippen LogP contribution in [0.15, 0.2) is 0 Å². The Morgan fingerprint density at radius 3 is 1.86 bits per heavy atom. The zero-order valence-corrected chi connectivity index (χ0v) is 22.5. The summed E-state index contributed by atoms with van der Waals surface area (Å²) in [6.07, 6.45) is -1.21. The molecule has 37 heavy (non-hydrogen) atoms. The predicted molar refractivity (Wildman–Crippen MR) is 131 cm³/mol. The molecule has 0 aromatic heterocycles. The molecule has 0 amide bonds. The molecule has 0 radical (unpaired) electrons. The van der Waals surface area contributed by atoms with Crippen molar-refractivity contribution in [3.63, 3.8) is 0 Å². The molecular formula is C26H46O11. The molecule has 2 saturated heterocycles. The molecule has 2 aliphatic rings. The number of hydrogen-bond donors (Lipinski definition) is 4. The number of carbonyl (C=O) groups excluding carboxylic acids is 1. The van der Waals surface area contributed by atoms with Gasteiger partial charge in [-0.3, -0.25) is 9.59 Å². The van der Waals surface area contributed by atoms with Gasteiger partial charge in [0.2, 0.25) is 0 Å². The molecule has 2 aliphatic heterocycles. The van der Waals surface area contributed by atoms with Crippen LogP contribution >= 0.6 is 0 Å². The van der Waals surface area contributed by atoms with Crippen molar-refractivity contribution in [2.45, 2.75) is 153 Å². The lowest BCUT2D eigenvalue weighted by Crippen LogP contribution is -2.49. The third-order valence-corrected chi connectivity index (χ3v) is 6.86. The van der Waals surface area contributed by atoms with E-state index in [1.54, 1.807) is 13.8 Å². The molecule has 0 bridgehead atoms. The van der Waals surface area contributed by atoms with E-state index in [4.69, 9.17) is 28.8 Å². The molecule has 0 spiro atoms. The first-order valence-corrected chi connectivity index (χ1v) is 13.5. The Bertz CT molecular complexity index is 689. The average molecular weight is 535 g/mol. The van der Waals surface area contributed by atoms with E-state index in [-0.39, 0.29) is 43.9 Å². The number of aliphatic hydroxyl groups excluding tert-OH is 3. The number of aliphatic carboxylic acids is 1. The lowest BCUT2D eigenvalue weighted by molar-refractivity contribution is -0.276. The highest BCUT2D eigenvalue weighted by atomic mass is 16.7. The van der Waals surface area contributed by atoms with Crippen LogP contribution in [0.2, 0.25) is 0 Å². The summed E-state index contributed by atoms with van der Waals surface area (Å²) in [4.78, 5) is 22.9. The second-order valence-corrected chi connectivity index (χ2v) is 10.4. The first-order chi connectivity index (χ1) is 17.5. The van der Waals surface area contributed by atoms with Crippen LogP contribution in [0.4, 0.5) is 0 Å². The van der Waals surface area contributed by atoms with Crippen molar-refractivity contribution in [3.05, 3.63) is 0 Å². The SMILES string of the molecule is CC1O[C@@H](O[C@H](C)CCCCC(=O)O[C@@H]2CC(O)[C@H](O[C@H](C)CCCCC(=O)O)OC2C)C(O)C[C@H]1O. The molecule has 0 aliphatic carbocycles. The second-order valence-electron chi connectivity index (χ2n) is 10.4. The van der Waals surface area contributed by atoms with Gasteiger partial charge in [0, 0.05) is 25.7 Å². The van der Waals surface area contributed by atoms with Gasteiger partial charge in [-0.25, -0.2) is 0 Å². The summed E-state index contributed by atoms with van der Waals surface area (Å²) < 4.78 is 28.4. The molecule has 10 atom stereocenters. The van der Waals surface area contributed by atoms with Gasteiger partial charge in [-0.05, 0) is 53.4 Å². The molecule has 0 aromatic rings. The van der Waals surface area contributed by atoms with Crippen LogP contribution in [0.25, 0.3) is 0 Å². The Morgan fingerprint density at radius 1 is 0.784 bits per heavy atom. The van der Waals surface area contributed by atoms with Crippen LogP contribution in [-0.2, 0) is 33.3 Å². The molecule has 0 saturated carbocycles. The number of carboxylic acids is 1. The molecular weight excluding hydrogens is 488 g/mol. The molecule has 2 rings (SSSR count). The van der Waals surface area contributed by atoms with Crippen LogP contribution in [0.3, 0.4) is 0 Å². The molecule has 2 fully saturated rings. The van der Waals surface area contributed by atoms with Crippen molar-refractivity contribution < 1.29 is 53.7 Å². The van der Waals surface area contributed by atoms with E-state index in [2.05, 4.69) is 0 Å².